The Morgan fingerprint density at radius 2 is 2.00 bits per heavy atom. The van der Waals surface area contributed by atoms with Crippen LogP contribution in [0.25, 0.3) is 0 Å². The maximum atomic E-state index is 6.51. The lowest BCUT2D eigenvalue weighted by Crippen LogP contribution is -2.27. The summed E-state index contributed by atoms with van der Waals surface area (Å²) in [5, 5.41) is 1.22. The fourth-order valence-corrected chi connectivity index (χ4v) is 3.68. The minimum absolute atomic E-state index is 0.328. The van der Waals surface area contributed by atoms with Crippen molar-refractivity contribution >= 4 is 23.2 Å². The molecule has 2 heteroatoms. The van der Waals surface area contributed by atoms with Gasteiger partial charge in [-0.3, -0.25) is 0 Å². The Kier molecular flexibility index (Phi) is 5.38. The Hall–Kier alpha value is -0.200. The minimum atomic E-state index is 0.328. The second-order valence-corrected chi connectivity index (χ2v) is 6.51. The average Bonchev–Trinajstić information content (AvgIpc) is 2.36. The number of halogens is 2. The van der Waals surface area contributed by atoms with Gasteiger partial charge in [-0.05, 0) is 49.1 Å². The van der Waals surface area contributed by atoms with Crippen LogP contribution in [-0.4, -0.2) is 5.38 Å². The molecule has 0 bridgehead atoms. The SMILES string of the molecule is CCCC1CCC(Cl)C(Cc2ccccc2Cl)C1. The standard InChI is InChI=1S/C16H22Cl2/c1-2-5-12-8-9-16(18)14(10-12)11-13-6-3-4-7-15(13)17/h3-4,6-7,12,14,16H,2,5,8-11H2,1H3. The topological polar surface area (TPSA) is 0 Å². The van der Waals surface area contributed by atoms with E-state index in [9.17, 15) is 0 Å². The monoisotopic (exact) mass is 284 g/mol. The van der Waals surface area contributed by atoms with Crippen molar-refractivity contribution in [1.82, 2.24) is 0 Å². The Labute approximate surface area is 121 Å². The van der Waals surface area contributed by atoms with E-state index >= 15 is 0 Å². The van der Waals surface area contributed by atoms with Crippen LogP contribution < -0.4 is 0 Å². The smallest absolute Gasteiger partial charge is 0.0438 e. The molecule has 1 aromatic carbocycles. The first-order valence-corrected chi connectivity index (χ1v) is 7.89. The number of alkyl halides is 1. The van der Waals surface area contributed by atoms with E-state index in [4.69, 9.17) is 23.2 Å². The molecule has 3 unspecified atom stereocenters. The van der Waals surface area contributed by atoms with Gasteiger partial charge in [-0.1, -0.05) is 49.6 Å². The molecule has 0 aromatic heterocycles. The van der Waals surface area contributed by atoms with Crippen molar-refractivity contribution in [2.75, 3.05) is 0 Å². The summed E-state index contributed by atoms with van der Waals surface area (Å²) in [5.41, 5.74) is 1.26. The third kappa shape index (κ3) is 3.65. The zero-order chi connectivity index (χ0) is 13.0. The van der Waals surface area contributed by atoms with E-state index in [2.05, 4.69) is 19.1 Å². The van der Waals surface area contributed by atoms with Crippen molar-refractivity contribution in [3.63, 3.8) is 0 Å². The second-order valence-electron chi connectivity index (χ2n) is 5.54. The fraction of sp³-hybridized carbons (Fsp3) is 0.625. The molecule has 1 aliphatic rings. The number of rotatable bonds is 4. The molecule has 0 heterocycles. The van der Waals surface area contributed by atoms with Gasteiger partial charge in [-0.2, -0.15) is 0 Å². The van der Waals surface area contributed by atoms with Crippen molar-refractivity contribution in [1.29, 1.82) is 0 Å². The molecular weight excluding hydrogens is 263 g/mol. The summed E-state index contributed by atoms with van der Waals surface area (Å²) in [4.78, 5) is 0. The number of hydrogen-bond acceptors (Lipinski definition) is 0. The highest BCUT2D eigenvalue weighted by Gasteiger charge is 2.29. The highest BCUT2D eigenvalue weighted by Crippen LogP contribution is 2.37. The van der Waals surface area contributed by atoms with Gasteiger partial charge in [0.2, 0.25) is 0 Å². The van der Waals surface area contributed by atoms with Gasteiger partial charge >= 0.3 is 0 Å². The maximum Gasteiger partial charge on any atom is 0.0438 e. The van der Waals surface area contributed by atoms with Crippen molar-refractivity contribution < 1.29 is 0 Å². The van der Waals surface area contributed by atoms with Crippen molar-refractivity contribution in [3.8, 4) is 0 Å². The fourth-order valence-electron chi connectivity index (χ4n) is 3.15. The number of benzene rings is 1. The van der Waals surface area contributed by atoms with Crippen LogP contribution in [0.15, 0.2) is 24.3 Å². The molecule has 0 aliphatic heterocycles. The predicted molar refractivity (Wildman–Crippen MR) is 80.5 cm³/mol. The lowest BCUT2D eigenvalue weighted by atomic mass is 9.76. The molecule has 100 valence electrons. The summed E-state index contributed by atoms with van der Waals surface area (Å²) in [6.07, 6.45) is 7.42. The van der Waals surface area contributed by atoms with E-state index < -0.39 is 0 Å². The van der Waals surface area contributed by atoms with Crippen LogP contribution in [0.3, 0.4) is 0 Å². The molecule has 0 saturated heterocycles. The van der Waals surface area contributed by atoms with Crippen LogP contribution in [0.2, 0.25) is 5.02 Å². The van der Waals surface area contributed by atoms with E-state index in [0.717, 1.165) is 17.4 Å². The van der Waals surface area contributed by atoms with Crippen molar-refractivity contribution in [3.05, 3.63) is 34.9 Å². The van der Waals surface area contributed by atoms with Gasteiger partial charge in [0.15, 0.2) is 0 Å². The summed E-state index contributed by atoms with van der Waals surface area (Å²) in [7, 11) is 0. The van der Waals surface area contributed by atoms with E-state index in [-0.39, 0.29) is 0 Å². The van der Waals surface area contributed by atoms with Gasteiger partial charge < -0.3 is 0 Å². The second kappa shape index (κ2) is 6.82. The summed E-state index contributed by atoms with van der Waals surface area (Å²) in [6, 6.07) is 8.17. The van der Waals surface area contributed by atoms with Crippen LogP contribution in [0.4, 0.5) is 0 Å². The van der Waals surface area contributed by atoms with Gasteiger partial charge in [0.05, 0.1) is 0 Å². The largest absolute Gasteiger partial charge is 0.123 e. The third-order valence-corrected chi connectivity index (χ3v) is 5.08. The van der Waals surface area contributed by atoms with Crippen LogP contribution in [-0.2, 0) is 6.42 Å². The molecule has 0 amide bonds. The first-order chi connectivity index (χ1) is 8.70. The Bertz CT molecular complexity index is 375. The Morgan fingerprint density at radius 1 is 1.22 bits per heavy atom. The average molecular weight is 285 g/mol. The quantitative estimate of drug-likeness (QED) is 0.622. The molecule has 1 fully saturated rings. The first-order valence-electron chi connectivity index (χ1n) is 7.08. The van der Waals surface area contributed by atoms with E-state index in [1.54, 1.807) is 0 Å². The van der Waals surface area contributed by atoms with Gasteiger partial charge in [0.1, 0.15) is 0 Å². The highest BCUT2D eigenvalue weighted by molar-refractivity contribution is 6.31. The summed E-state index contributed by atoms with van der Waals surface area (Å²) >= 11 is 12.8. The van der Waals surface area contributed by atoms with E-state index in [0.29, 0.717) is 11.3 Å². The molecule has 2 rings (SSSR count). The zero-order valence-electron chi connectivity index (χ0n) is 11.0. The molecule has 0 spiro atoms. The van der Waals surface area contributed by atoms with Gasteiger partial charge in [-0.25, -0.2) is 0 Å². The van der Waals surface area contributed by atoms with Gasteiger partial charge in [0.25, 0.3) is 0 Å². The van der Waals surface area contributed by atoms with Crippen molar-refractivity contribution in [2.45, 2.75) is 50.8 Å². The molecule has 0 radical (unpaired) electrons. The van der Waals surface area contributed by atoms with E-state index in [1.165, 1.54) is 37.7 Å². The lowest BCUT2D eigenvalue weighted by molar-refractivity contribution is 0.257. The molecule has 1 aliphatic carbocycles. The normalized spacial score (nSPS) is 28.3. The van der Waals surface area contributed by atoms with Crippen LogP contribution in [0.5, 0.6) is 0 Å². The molecule has 0 nitrogen and oxygen atoms in total. The molecule has 18 heavy (non-hydrogen) atoms. The molecule has 1 aromatic rings. The van der Waals surface area contributed by atoms with E-state index in [1.807, 2.05) is 12.1 Å². The first kappa shape index (κ1) is 14.2. The molecule has 0 N–H and O–H groups in total. The zero-order valence-corrected chi connectivity index (χ0v) is 12.6. The van der Waals surface area contributed by atoms with Crippen LogP contribution in [0.1, 0.15) is 44.6 Å². The number of hydrogen-bond donors (Lipinski definition) is 0. The van der Waals surface area contributed by atoms with Crippen LogP contribution >= 0.6 is 23.2 Å². The summed E-state index contributed by atoms with van der Waals surface area (Å²) < 4.78 is 0. The third-order valence-electron chi connectivity index (χ3n) is 4.14. The maximum absolute atomic E-state index is 6.51. The van der Waals surface area contributed by atoms with Crippen molar-refractivity contribution in [2.24, 2.45) is 11.8 Å². The Morgan fingerprint density at radius 3 is 2.72 bits per heavy atom. The Balaban J connectivity index is 2.00. The predicted octanol–water partition coefficient (Wildman–Crippen LogP) is 5.71. The lowest BCUT2D eigenvalue weighted by Gasteiger charge is -2.33. The molecule has 3 atom stereocenters. The van der Waals surface area contributed by atoms with Gasteiger partial charge in [0, 0.05) is 10.4 Å². The highest BCUT2D eigenvalue weighted by atomic mass is 35.5. The molecular formula is C16H22Cl2. The minimum Gasteiger partial charge on any atom is -0.123 e. The van der Waals surface area contributed by atoms with Gasteiger partial charge in [-0.15, -0.1) is 11.6 Å². The molecule has 1 saturated carbocycles. The summed E-state index contributed by atoms with van der Waals surface area (Å²) in [5.74, 6) is 1.47. The van der Waals surface area contributed by atoms with Crippen LogP contribution in [0, 0.1) is 11.8 Å². The summed E-state index contributed by atoms with van der Waals surface area (Å²) in [6.45, 7) is 2.27.